The normalized spacial score (nSPS) is 19.0. The van der Waals surface area contributed by atoms with E-state index in [9.17, 15) is 0 Å². The van der Waals surface area contributed by atoms with Gasteiger partial charge in [-0.2, -0.15) is 0 Å². The number of ether oxygens (including phenoxy) is 1. The van der Waals surface area contributed by atoms with Gasteiger partial charge in [-0.1, -0.05) is 0 Å². The van der Waals surface area contributed by atoms with E-state index in [-0.39, 0.29) is 6.10 Å². The molecule has 1 fully saturated rings. The lowest BCUT2D eigenvalue weighted by Gasteiger charge is -2.12. The minimum atomic E-state index is 0.274. The molecule has 3 rings (SSSR count). The Bertz CT molecular complexity index is 492. The van der Waals surface area contributed by atoms with Gasteiger partial charge in [0.15, 0.2) is 0 Å². The van der Waals surface area contributed by atoms with Crippen LogP contribution in [-0.2, 0) is 11.3 Å². The molecule has 1 aliphatic heterocycles. The van der Waals surface area contributed by atoms with Crippen molar-refractivity contribution in [3.8, 4) is 0 Å². The standard InChI is InChI=1S/C12H15N5O/c1-3-10(7-13-5-1)15-12-16-14-9-17(12)8-11-4-2-6-18-11/h1,3,5,7,9,11H,2,4,6,8H2,(H,15,16). The summed E-state index contributed by atoms with van der Waals surface area (Å²) in [5.74, 6) is 0.721. The zero-order chi connectivity index (χ0) is 12.2. The van der Waals surface area contributed by atoms with Crippen LogP contribution < -0.4 is 5.32 Å². The molecule has 94 valence electrons. The van der Waals surface area contributed by atoms with Crippen LogP contribution in [0.4, 0.5) is 11.6 Å². The number of aromatic nitrogens is 4. The predicted octanol–water partition coefficient (Wildman–Crippen LogP) is 1.60. The molecule has 0 amide bonds. The van der Waals surface area contributed by atoms with Crippen LogP contribution >= 0.6 is 0 Å². The largest absolute Gasteiger partial charge is 0.376 e. The molecule has 2 aromatic heterocycles. The van der Waals surface area contributed by atoms with Gasteiger partial charge in [-0.15, -0.1) is 10.2 Å². The third kappa shape index (κ3) is 2.48. The van der Waals surface area contributed by atoms with Crippen LogP contribution in [0.15, 0.2) is 30.9 Å². The Morgan fingerprint density at radius 2 is 2.50 bits per heavy atom. The first-order chi connectivity index (χ1) is 8.92. The zero-order valence-corrected chi connectivity index (χ0v) is 9.99. The van der Waals surface area contributed by atoms with E-state index >= 15 is 0 Å². The molecule has 2 aromatic rings. The second kappa shape index (κ2) is 5.14. The fourth-order valence-corrected chi connectivity index (χ4v) is 2.06. The van der Waals surface area contributed by atoms with E-state index in [1.807, 2.05) is 16.7 Å². The molecule has 6 nitrogen and oxygen atoms in total. The summed E-state index contributed by atoms with van der Waals surface area (Å²) in [6.45, 7) is 1.65. The molecule has 6 heteroatoms. The van der Waals surface area contributed by atoms with Crippen LogP contribution in [0.5, 0.6) is 0 Å². The maximum Gasteiger partial charge on any atom is 0.228 e. The van der Waals surface area contributed by atoms with Gasteiger partial charge >= 0.3 is 0 Å². The van der Waals surface area contributed by atoms with Crippen LogP contribution in [0, 0.1) is 0 Å². The van der Waals surface area contributed by atoms with Gasteiger partial charge in [0.25, 0.3) is 0 Å². The molecule has 0 saturated carbocycles. The number of anilines is 2. The van der Waals surface area contributed by atoms with Crippen LogP contribution in [0.1, 0.15) is 12.8 Å². The highest BCUT2D eigenvalue weighted by Crippen LogP contribution is 2.17. The van der Waals surface area contributed by atoms with Gasteiger partial charge in [0.2, 0.25) is 5.95 Å². The van der Waals surface area contributed by atoms with Gasteiger partial charge in [-0.25, -0.2) is 0 Å². The van der Waals surface area contributed by atoms with Gasteiger partial charge in [-0.05, 0) is 25.0 Å². The van der Waals surface area contributed by atoms with E-state index in [1.165, 1.54) is 0 Å². The number of pyridine rings is 1. The van der Waals surface area contributed by atoms with E-state index in [1.54, 1.807) is 18.7 Å². The number of hydrogen-bond acceptors (Lipinski definition) is 5. The van der Waals surface area contributed by atoms with Gasteiger partial charge in [-0.3, -0.25) is 9.55 Å². The molecule has 3 heterocycles. The highest BCUT2D eigenvalue weighted by atomic mass is 16.5. The van der Waals surface area contributed by atoms with Crippen molar-refractivity contribution in [2.24, 2.45) is 0 Å². The summed E-state index contributed by atoms with van der Waals surface area (Å²) in [5, 5.41) is 11.2. The van der Waals surface area contributed by atoms with Crippen molar-refractivity contribution in [3.05, 3.63) is 30.9 Å². The molecule has 18 heavy (non-hydrogen) atoms. The SMILES string of the molecule is c1cncc(Nc2nncn2CC2CCCO2)c1. The van der Waals surface area contributed by atoms with Gasteiger partial charge < -0.3 is 10.1 Å². The smallest absolute Gasteiger partial charge is 0.228 e. The Balaban J connectivity index is 1.71. The van der Waals surface area contributed by atoms with Crippen molar-refractivity contribution in [1.29, 1.82) is 0 Å². The lowest BCUT2D eigenvalue weighted by Crippen LogP contribution is -2.15. The van der Waals surface area contributed by atoms with E-state index in [0.717, 1.165) is 37.6 Å². The third-order valence-corrected chi connectivity index (χ3v) is 2.96. The van der Waals surface area contributed by atoms with Gasteiger partial charge in [0.1, 0.15) is 6.33 Å². The lowest BCUT2D eigenvalue weighted by atomic mass is 10.2. The monoisotopic (exact) mass is 245 g/mol. The van der Waals surface area contributed by atoms with E-state index in [4.69, 9.17) is 4.74 Å². The molecule has 0 radical (unpaired) electrons. The van der Waals surface area contributed by atoms with E-state index in [0.29, 0.717) is 0 Å². The van der Waals surface area contributed by atoms with Crippen molar-refractivity contribution in [2.45, 2.75) is 25.5 Å². The first kappa shape index (κ1) is 11.2. The highest BCUT2D eigenvalue weighted by molar-refractivity contribution is 5.50. The lowest BCUT2D eigenvalue weighted by molar-refractivity contribution is 0.0974. The Morgan fingerprint density at radius 1 is 1.50 bits per heavy atom. The maximum atomic E-state index is 5.61. The molecular formula is C12H15N5O. The first-order valence-corrected chi connectivity index (χ1v) is 6.08. The molecule has 1 saturated heterocycles. The summed E-state index contributed by atoms with van der Waals surface area (Å²) < 4.78 is 7.59. The Hall–Kier alpha value is -1.95. The Morgan fingerprint density at radius 3 is 3.28 bits per heavy atom. The van der Waals surface area contributed by atoms with Crippen LogP contribution in [0.2, 0.25) is 0 Å². The Labute approximate surface area is 105 Å². The average Bonchev–Trinajstić information content (AvgIpc) is 3.04. The predicted molar refractivity (Wildman–Crippen MR) is 66.5 cm³/mol. The zero-order valence-electron chi connectivity index (χ0n) is 9.99. The molecule has 0 spiro atoms. The highest BCUT2D eigenvalue weighted by Gasteiger charge is 2.17. The van der Waals surface area contributed by atoms with Crippen LogP contribution in [0.25, 0.3) is 0 Å². The number of nitrogens with zero attached hydrogens (tertiary/aromatic N) is 4. The minimum absolute atomic E-state index is 0.274. The summed E-state index contributed by atoms with van der Waals surface area (Å²) in [7, 11) is 0. The van der Waals surface area contributed by atoms with E-state index < -0.39 is 0 Å². The van der Waals surface area contributed by atoms with Crippen LogP contribution in [-0.4, -0.2) is 32.5 Å². The van der Waals surface area contributed by atoms with Crippen molar-refractivity contribution < 1.29 is 4.74 Å². The van der Waals surface area contributed by atoms with Crippen molar-refractivity contribution in [3.63, 3.8) is 0 Å². The summed E-state index contributed by atoms with van der Waals surface area (Å²) in [6.07, 6.45) is 7.73. The average molecular weight is 245 g/mol. The summed E-state index contributed by atoms with van der Waals surface area (Å²) in [5.41, 5.74) is 0.902. The maximum absolute atomic E-state index is 5.61. The van der Waals surface area contributed by atoms with Crippen molar-refractivity contribution in [2.75, 3.05) is 11.9 Å². The molecular weight excluding hydrogens is 230 g/mol. The topological polar surface area (TPSA) is 64.9 Å². The number of hydrogen-bond donors (Lipinski definition) is 1. The second-order valence-electron chi connectivity index (χ2n) is 4.31. The number of rotatable bonds is 4. The molecule has 1 aliphatic rings. The quantitative estimate of drug-likeness (QED) is 0.886. The third-order valence-electron chi connectivity index (χ3n) is 2.96. The second-order valence-corrected chi connectivity index (χ2v) is 4.31. The number of nitrogens with one attached hydrogen (secondary N) is 1. The summed E-state index contributed by atoms with van der Waals surface area (Å²) in [4.78, 5) is 4.05. The molecule has 1 atom stereocenters. The van der Waals surface area contributed by atoms with Gasteiger partial charge in [0, 0.05) is 12.8 Å². The molecule has 0 bridgehead atoms. The first-order valence-electron chi connectivity index (χ1n) is 6.08. The summed E-state index contributed by atoms with van der Waals surface area (Å²) >= 11 is 0. The van der Waals surface area contributed by atoms with Crippen molar-refractivity contribution >= 4 is 11.6 Å². The summed E-state index contributed by atoms with van der Waals surface area (Å²) in [6, 6.07) is 3.82. The Kier molecular flexibility index (Phi) is 3.18. The molecule has 1 N–H and O–H groups in total. The van der Waals surface area contributed by atoms with Crippen molar-refractivity contribution in [1.82, 2.24) is 19.7 Å². The minimum Gasteiger partial charge on any atom is -0.376 e. The molecule has 0 aliphatic carbocycles. The van der Waals surface area contributed by atoms with Crippen LogP contribution in [0.3, 0.4) is 0 Å². The molecule has 1 unspecified atom stereocenters. The fraction of sp³-hybridized carbons (Fsp3) is 0.417. The van der Waals surface area contributed by atoms with E-state index in [2.05, 4.69) is 20.5 Å². The fourth-order valence-electron chi connectivity index (χ4n) is 2.06. The molecule has 0 aromatic carbocycles. The van der Waals surface area contributed by atoms with Gasteiger partial charge in [0.05, 0.1) is 24.5 Å².